The molecule has 0 bridgehead atoms. The van der Waals surface area contributed by atoms with Crippen molar-refractivity contribution >= 4 is 0 Å². The molecule has 0 aliphatic carbocycles. The summed E-state index contributed by atoms with van der Waals surface area (Å²) < 4.78 is 5.13. The van der Waals surface area contributed by atoms with E-state index >= 15 is 0 Å². The molecule has 4 heteroatoms. The molecule has 3 rings (SSSR count). The summed E-state index contributed by atoms with van der Waals surface area (Å²) in [6.45, 7) is 4.12. The zero-order valence-electron chi connectivity index (χ0n) is 12.9. The molecule has 2 aromatic carbocycles. The van der Waals surface area contributed by atoms with Crippen LogP contribution < -0.4 is 4.74 Å². The van der Waals surface area contributed by atoms with Crippen molar-refractivity contribution in [3.05, 3.63) is 59.7 Å². The van der Waals surface area contributed by atoms with E-state index in [1.807, 2.05) is 24.3 Å². The van der Waals surface area contributed by atoms with Gasteiger partial charge in [0, 0.05) is 11.1 Å². The lowest BCUT2D eigenvalue weighted by atomic mass is 10.0. The highest BCUT2D eigenvalue weighted by Crippen LogP contribution is 2.29. The molecule has 0 aliphatic heterocycles. The lowest BCUT2D eigenvalue weighted by molar-refractivity contribution is 0.374. The molecular formula is C18H17N3O. The average Bonchev–Trinajstić information content (AvgIpc) is 2.56. The number of ether oxygens (including phenoxy) is 1. The summed E-state index contributed by atoms with van der Waals surface area (Å²) in [5, 5.41) is 8.33. The summed E-state index contributed by atoms with van der Waals surface area (Å²) in [4.78, 5) is 4.49. The van der Waals surface area contributed by atoms with Crippen LogP contribution in [-0.2, 0) is 0 Å². The minimum Gasteiger partial charge on any atom is -0.466 e. The molecule has 0 amide bonds. The Bertz CT molecular complexity index is 780. The van der Waals surface area contributed by atoms with E-state index in [2.05, 4.69) is 53.3 Å². The number of aryl methyl sites for hydroxylation is 2. The molecule has 0 fully saturated rings. The van der Waals surface area contributed by atoms with E-state index in [4.69, 9.17) is 4.74 Å². The molecule has 0 radical (unpaired) electrons. The van der Waals surface area contributed by atoms with Crippen molar-refractivity contribution in [3.63, 3.8) is 0 Å². The first-order valence-corrected chi connectivity index (χ1v) is 7.10. The van der Waals surface area contributed by atoms with E-state index in [0.29, 0.717) is 0 Å². The third kappa shape index (κ3) is 2.81. The highest BCUT2D eigenvalue weighted by Gasteiger charge is 2.13. The second-order valence-electron chi connectivity index (χ2n) is 5.23. The molecule has 3 aromatic rings. The number of methoxy groups -OCH3 is 1. The second kappa shape index (κ2) is 5.93. The van der Waals surface area contributed by atoms with Crippen LogP contribution in [0.3, 0.4) is 0 Å². The normalized spacial score (nSPS) is 10.5. The van der Waals surface area contributed by atoms with Crippen LogP contribution in [0.2, 0.25) is 0 Å². The molecule has 0 saturated heterocycles. The molecule has 0 saturated carbocycles. The van der Waals surface area contributed by atoms with Crippen molar-refractivity contribution in [1.29, 1.82) is 0 Å². The summed E-state index contributed by atoms with van der Waals surface area (Å²) in [7, 11) is 1.54. The van der Waals surface area contributed by atoms with Gasteiger partial charge in [-0.1, -0.05) is 64.8 Å². The van der Waals surface area contributed by atoms with Gasteiger partial charge in [0.25, 0.3) is 0 Å². The maximum Gasteiger partial charge on any atom is 0.336 e. The Morgan fingerprint density at radius 3 is 1.68 bits per heavy atom. The molecule has 1 heterocycles. The summed E-state index contributed by atoms with van der Waals surface area (Å²) in [6, 6.07) is 16.6. The topological polar surface area (TPSA) is 47.9 Å². The number of hydrogen-bond donors (Lipinski definition) is 0. The van der Waals surface area contributed by atoms with Gasteiger partial charge in [0.15, 0.2) is 0 Å². The van der Waals surface area contributed by atoms with E-state index < -0.39 is 0 Å². The van der Waals surface area contributed by atoms with E-state index in [-0.39, 0.29) is 6.01 Å². The van der Waals surface area contributed by atoms with Gasteiger partial charge < -0.3 is 4.74 Å². The summed E-state index contributed by atoms with van der Waals surface area (Å²) >= 11 is 0. The predicted molar refractivity (Wildman–Crippen MR) is 86.7 cm³/mol. The Morgan fingerprint density at radius 1 is 0.682 bits per heavy atom. The first kappa shape index (κ1) is 14.2. The number of rotatable bonds is 3. The molecule has 1 aromatic heterocycles. The van der Waals surface area contributed by atoms with Gasteiger partial charge in [-0.15, -0.1) is 5.10 Å². The maximum absolute atomic E-state index is 5.13. The van der Waals surface area contributed by atoms with E-state index in [1.54, 1.807) is 7.11 Å². The van der Waals surface area contributed by atoms with Gasteiger partial charge in [0.2, 0.25) is 0 Å². The summed E-state index contributed by atoms with van der Waals surface area (Å²) in [6.07, 6.45) is 0. The largest absolute Gasteiger partial charge is 0.466 e. The Hall–Kier alpha value is -2.75. The maximum atomic E-state index is 5.13. The van der Waals surface area contributed by atoms with Crippen LogP contribution >= 0.6 is 0 Å². The van der Waals surface area contributed by atoms with Crippen LogP contribution in [0.25, 0.3) is 22.5 Å². The molecule has 0 aliphatic rings. The minimum atomic E-state index is 0.270. The van der Waals surface area contributed by atoms with Crippen molar-refractivity contribution in [2.75, 3.05) is 7.11 Å². The Balaban J connectivity index is 2.17. The molecule has 0 unspecified atom stereocenters. The fourth-order valence-electron chi connectivity index (χ4n) is 2.22. The highest BCUT2D eigenvalue weighted by atomic mass is 16.5. The van der Waals surface area contributed by atoms with Crippen LogP contribution in [0.1, 0.15) is 11.1 Å². The number of nitrogens with zero attached hydrogens (tertiary/aromatic N) is 3. The van der Waals surface area contributed by atoms with Crippen LogP contribution in [0, 0.1) is 13.8 Å². The van der Waals surface area contributed by atoms with Crippen molar-refractivity contribution in [1.82, 2.24) is 15.2 Å². The smallest absolute Gasteiger partial charge is 0.336 e. The fourth-order valence-corrected chi connectivity index (χ4v) is 2.22. The molecule has 22 heavy (non-hydrogen) atoms. The average molecular weight is 291 g/mol. The van der Waals surface area contributed by atoms with Crippen molar-refractivity contribution in [3.8, 4) is 28.5 Å². The van der Waals surface area contributed by atoms with Crippen molar-refractivity contribution < 1.29 is 4.74 Å². The molecule has 0 atom stereocenters. The zero-order valence-corrected chi connectivity index (χ0v) is 12.9. The number of aromatic nitrogens is 3. The number of hydrogen-bond acceptors (Lipinski definition) is 4. The summed E-state index contributed by atoms with van der Waals surface area (Å²) in [5.41, 5.74) is 5.92. The Kier molecular flexibility index (Phi) is 3.83. The van der Waals surface area contributed by atoms with E-state index in [0.717, 1.165) is 22.5 Å². The standard InChI is InChI=1S/C18H17N3O/c1-12-4-8-14(9-5-12)16-17(20-21-18(19-16)22-3)15-10-6-13(2)7-11-15/h4-11H,1-3H3. The van der Waals surface area contributed by atoms with Crippen LogP contribution in [0.15, 0.2) is 48.5 Å². The third-order valence-electron chi connectivity index (χ3n) is 3.50. The van der Waals surface area contributed by atoms with Gasteiger partial charge in [0.05, 0.1) is 7.11 Å². The van der Waals surface area contributed by atoms with E-state index in [1.165, 1.54) is 11.1 Å². The Morgan fingerprint density at radius 2 is 1.18 bits per heavy atom. The predicted octanol–water partition coefficient (Wildman–Crippen LogP) is 3.83. The van der Waals surface area contributed by atoms with Crippen LogP contribution in [0.4, 0.5) is 0 Å². The zero-order chi connectivity index (χ0) is 15.5. The van der Waals surface area contributed by atoms with Gasteiger partial charge in [-0.25, -0.2) is 0 Å². The van der Waals surface area contributed by atoms with Gasteiger partial charge in [-0.05, 0) is 13.8 Å². The third-order valence-corrected chi connectivity index (χ3v) is 3.50. The Labute approximate surface area is 129 Å². The van der Waals surface area contributed by atoms with Gasteiger partial charge in [-0.3, -0.25) is 0 Å². The molecule has 110 valence electrons. The second-order valence-corrected chi connectivity index (χ2v) is 5.23. The highest BCUT2D eigenvalue weighted by molar-refractivity contribution is 5.77. The first-order valence-electron chi connectivity index (χ1n) is 7.10. The summed E-state index contributed by atoms with van der Waals surface area (Å²) in [5.74, 6) is 0. The number of benzene rings is 2. The molecule has 4 nitrogen and oxygen atoms in total. The monoisotopic (exact) mass is 291 g/mol. The lowest BCUT2D eigenvalue weighted by Gasteiger charge is -2.09. The molecule has 0 spiro atoms. The molecule has 0 N–H and O–H groups in total. The van der Waals surface area contributed by atoms with Gasteiger partial charge >= 0.3 is 6.01 Å². The van der Waals surface area contributed by atoms with Gasteiger partial charge in [0.1, 0.15) is 11.4 Å². The fraction of sp³-hybridized carbons (Fsp3) is 0.167. The minimum absolute atomic E-state index is 0.270. The van der Waals surface area contributed by atoms with Crippen LogP contribution in [-0.4, -0.2) is 22.3 Å². The lowest BCUT2D eigenvalue weighted by Crippen LogP contribution is -2.00. The van der Waals surface area contributed by atoms with Gasteiger partial charge in [-0.2, -0.15) is 4.98 Å². The quantitative estimate of drug-likeness (QED) is 0.736. The van der Waals surface area contributed by atoms with Crippen LogP contribution in [0.5, 0.6) is 6.01 Å². The SMILES string of the molecule is COc1nnc(-c2ccc(C)cc2)c(-c2ccc(C)cc2)n1. The first-order chi connectivity index (χ1) is 10.7. The van der Waals surface area contributed by atoms with Crippen molar-refractivity contribution in [2.24, 2.45) is 0 Å². The van der Waals surface area contributed by atoms with Crippen molar-refractivity contribution in [2.45, 2.75) is 13.8 Å². The van der Waals surface area contributed by atoms with E-state index in [9.17, 15) is 0 Å². The molecular weight excluding hydrogens is 274 g/mol.